The minimum atomic E-state index is -1.26. The molecule has 2 rings (SSSR count). The van der Waals surface area contributed by atoms with Crippen LogP contribution in [0.15, 0.2) is 36.4 Å². The lowest BCUT2D eigenvalue weighted by Gasteiger charge is -2.03. The Morgan fingerprint density at radius 3 is 2.52 bits per heavy atom. The molecule has 0 saturated carbocycles. The van der Waals surface area contributed by atoms with Gasteiger partial charge in [-0.1, -0.05) is 29.8 Å². The van der Waals surface area contributed by atoms with Crippen molar-refractivity contribution in [2.24, 2.45) is 0 Å². The van der Waals surface area contributed by atoms with E-state index >= 15 is 0 Å². The number of carbonyl (C=O) groups excluding carboxylic acids is 2. The van der Waals surface area contributed by atoms with Crippen LogP contribution in [0.1, 0.15) is 9.67 Å². The van der Waals surface area contributed by atoms with E-state index in [-0.39, 0.29) is 4.88 Å². The van der Waals surface area contributed by atoms with Crippen LogP contribution in [0.4, 0.5) is 0 Å². The van der Waals surface area contributed by atoms with Gasteiger partial charge in [-0.05, 0) is 6.07 Å². The number of halogens is 1. The first kappa shape index (κ1) is 15.0. The first-order valence-corrected chi connectivity index (χ1v) is 6.87. The Bertz CT molecular complexity index is 754. The number of thiophene rings is 1. The van der Waals surface area contributed by atoms with Gasteiger partial charge in [-0.15, -0.1) is 11.3 Å². The summed E-state index contributed by atoms with van der Waals surface area (Å²) in [4.78, 5) is 33.7. The molecule has 21 heavy (non-hydrogen) atoms. The summed E-state index contributed by atoms with van der Waals surface area (Å²) in [6.07, 6.45) is 1.45. The molecule has 3 N–H and O–H groups in total. The Morgan fingerprint density at radius 1 is 1.14 bits per heavy atom. The Morgan fingerprint density at radius 2 is 1.86 bits per heavy atom. The van der Waals surface area contributed by atoms with Gasteiger partial charge in [0.05, 0.1) is 5.02 Å². The van der Waals surface area contributed by atoms with Gasteiger partial charge >= 0.3 is 5.97 Å². The fourth-order valence-corrected chi connectivity index (χ4v) is 2.94. The summed E-state index contributed by atoms with van der Waals surface area (Å²) in [6, 6.07) is 7.26. The van der Waals surface area contributed by atoms with Crippen LogP contribution in [0.3, 0.4) is 0 Å². The van der Waals surface area contributed by atoms with Crippen molar-refractivity contribution in [3.05, 3.63) is 46.3 Å². The molecule has 108 valence electrons. The lowest BCUT2D eigenvalue weighted by Crippen LogP contribution is -2.40. The lowest BCUT2D eigenvalue weighted by molar-refractivity contribution is -0.131. The molecule has 0 unspecified atom stereocenters. The van der Waals surface area contributed by atoms with E-state index in [1.54, 1.807) is 12.1 Å². The molecule has 2 amide bonds. The van der Waals surface area contributed by atoms with Crippen LogP contribution < -0.4 is 10.9 Å². The van der Waals surface area contributed by atoms with Crippen molar-refractivity contribution in [3.63, 3.8) is 0 Å². The minimum Gasteiger partial charge on any atom is -0.478 e. The largest absolute Gasteiger partial charge is 0.478 e. The minimum absolute atomic E-state index is 0.264. The first-order chi connectivity index (χ1) is 9.99. The van der Waals surface area contributed by atoms with Crippen LogP contribution in [0.2, 0.25) is 5.02 Å². The highest BCUT2D eigenvalue weighted by molar-refractivity contribution is 7.21. The molecule has 0 spiro atoms. The lowest BCUT2D eigenvalue weighted by atomic mass is 10.2. The molecule has 0 fully saturated rings. The van der Waals surface area contributed by atoms with Gasteiger partial charge in [0.15, 0.2) is 0 Å². The normalized spacial score (nSPS) is 10.7. The molecule has 0 bridgehead atoms. The zero-order chi connectivity index (χ0) is 15.4. The van der Waals surface area contributed by atoms with E-state index in [0.717, 1.165) is 16.2 Å². The van der Waals surface area contributed by atoms with Crippen LogP contribution in [0, 0.1) is 0 Å². The second-order valence-electron chi connectivity index (χ2n) is 3.86. The van der Waals surface area contributed by atoms with Crippen LogP contribution in [0.25, 0.3) is 10.1 Å². The molecule has 0 aliphatic carbocycles. The fourth-order valence-electron chi connectivity index (χ4n) is 1.52. The summed E-state index contributed by atoms with van der Waals surface area (Å²) >= 11 is 7.31. The SMILES string of the molecule is O=C(O)/C=C\C(=O)NNC(=O)c1sc2ccccc2c1Cl. The molecule has 8 heteroatoms. The van der Waals surface area contributed by atoms with Gasteiger partial charge < -0.3 is 5.11 Å². The molecule has 2 aromatic rings. The van der Waals surface area contributed by atoms with Crippen molar-refractivity contribution >= 4 is 50.8 Å². The Hall–Kier alpha value is -2.38. The van der Waals surface area contributed by atoms with Crippen molar-refractivity contribution in [3.8, 4) is 0 Å². The zero-order valence-corrected chi connectivity index (χ0v) is 12.0. The second-order valence-corrected chi connectivity index (χ2v) is 5.29. The molecule has 6 nitrogen and oxygen atoms in total. The van der Waals surface area contributed by atoms with Crippen LogP contribution >= 0.6 is 22.9 Å². The molecule has 1 aromatic heterocycles. The smallest absolute Gasteiger partial charge is 0.328 e. The number of rotatable bonds is 3. The third-order valence-electron chi connectivity index (χ3n) is 2.42. The number of amides is 2. The van der Waals surface area contributed by atoms with Gasteiger partial charge in [0.2, 0.25) is 0 Å². The van der Waals surface area contributed by atoms with Gasteiger partial charge in [-0.3, -0.25) is 20.4 Å². The van der Waals surface area contributed by atoms with E-state index in [2.05, 4.69) is 10.9 Å². The number of aliphatic carboxylic acids is 1. The van der Waals surface area contributed by atoms with Gasteiger partial charge in [-0.25, -0.2) is 4.79 Å². The maximum atomic E-state index is 11.9. The third kappa shape index (κ3) is 3.59. The van der Waals surface area contributed by atoms with Gasteiger partial charge in [0.1, 0.15) is 4.88 Å². The number of hydrazine groups is 1. The van der Waals surface area contributed by atoms with Crippen molar-refractivity contribution in [1.29, 1.82) is 0 Å². The van der Waals surface area contributed by atoms with E-state index in [1.807, 2.05) is 12.1 Å². The van der Waals surface area contributed by atoms with E-state index in [1.165, 1.54) is 11.3 Å². The van der Waals surface area contributed by atoms with Crippen LogP contribution in [-0.4, -0.2) is 22.9 Å². The number of benzene rings is 1. The maximum absolute atomic E-state index is 11.9. The molecule has 1 aromatic carbocycles. The molecule has 0 aliphatic rings. The van der Waals surface area contributed by atoms with Gasteiger partial charge in [0.25, 0.3) is 11.8 Å². The average Bonchev–Trinajstić information content (AvgIpc) is 2.80. The molecule has 0 radical (unpaired) electrons. The van der Waals surface area contributed by atoms with Crippen molar-refractivity contribution in [1.82, 2.24) is 10.9 Å². The first-order valence-electron chi connectivity index (χ1n) is 5.67. The Kier molecular flexibility index (Phi) is 4.56. The standard InChI is InChI=1S/C13H9ClN2O4S/c14-11-7-3-1-2-4-8(7)21-12(11)13(20)16-15-9(17)5-6-10(18)19/h1-6H,(H,15,17)(H,16,20)(H,18,19)/b6-5-. The highest BCUT2D eigenvalue weighted by atomic mass is 35.5. The van der Waals surface area contributed by atoms with E-state index < -0.39 is 17.8 Å². The van der Waals surface area contributed by atoms with E-state index in [9.17, 15) is 14.4 Å². The molecular weight excluding hydrogens is 316 g/mol. The maximum Gasteiger partial charge on any atom is 0.328 e. The topological polar surface area (TPSA) is 95.5 Å². The highest BCUT2D eigenvalue weighted by Gasteiger charge is 2.16. The summed E-state index contributed by atoms with van der Waals surface area (Å²) in [6.45, 7) is 0. The number of hydrogen-bond acceptors (Lipinski definition) is 4. The Balaban J connectivity index is 2.07. The quantitative estimate of drug-likeness (QED) is 0.594. The number of hydrogen-bond donors (Lipinski definition) is 3. The highest BCUT2D eigenvalue weighted by Crippen LogP contribution is 2.34. The van der Waals surface area contributed by atoms with Crippen LogP contribution in [0.5, 0.6) is 0 Å². The molecule has 0 atom stereocenters. The number of carbonyl (C=O) groups is 3. The summed E-state index contributed by atoms with van der Waals surface area (Å²) in [5, 5.41) is 9.43. The van der Waals surface area contributed by atoms with E-state index in [0.29, 0.717) is 11.1 Å². The van der Waals surface area contributed by atoms with Gasteiger partial charge in [-0.2, -0.15) is 0 Å². The predicted molar refractivity (Wildman–Crippen MR) is 79.2 cm³/mol. The monoisotopic (exact) mass is 324 g/mol. The second kappa shape index (κ2) is 6.38. The number of carboxylic acid groups (broad SMARTS) is 1. The number of nitrogens with one attached hydrogen (secondary N) is 2. The van der Waals surface area contributed by atoms with Gasteiger partial charge in [0, 0.05) is 22.2 Å². The molecule has 0 saturated heterocycles. The van der Waals surface area contributed by atoms with Crippen molar-refractivity contribution < 1.29 is 19.5 Å². The summed E-state index contributed by atoms with van der Waals surface area (Å²) in [5.74, 6) is -2.59. The average molecular weight is 325 g/mol. The molecule has 1 heterocycles. The third-order valence-corrected chi connectivity index (χ3v) is 4.09. The predicted octanol–water partition coefficient (Wildman–Crippen LogP) is 1.96. The van der Waals surface area contributed by atoms with Crippen molar-refractivity contribution in [2.75, 3.05) is 0 Å². The number of carboxylic acids is 1. The number of fused-ring (bicyclic) bond motifs is 1. The Labute approximate surface area is 128 Å². The van der Waals surface area contributed by atoms with E-state index in [4.69, 9.17) is 16.7 Å². The fraction of sp³-hybridized carbons (Fsp3) is 0. The van der Waals surface area contributed by atoms with Crippen LogP contribution in [-0.2, 0) is 9.59 Å². The molecule has 0 aliphatic heterocycles. The van der Waals surface area contributed by atoms with Crippen molar-refractivity contribution in [2.45, 2.75) is 0 Å². The summed E-state index contributed by atoms with van der Waals surface area (Å²) < 4.78 is 0.852. The summed E-state index contributed by atoms with van der Waals surface area (Å²) in [7, 11) is 0. The summed E-state index contributed by atoms with van der Waals surface area (Å²) in [5.41, 5.74) is 4.23. The molecular formula is C13H9ClN2O4S. The zero-order valence-electron chi connectivity index (χ0n) is 10.4.